The van der Waals surface area contributed by atoms with Crippen molar-refractivity contribution in [3.8, 4) is 22.8 Å². The second kappa shape index (κ2) is 6.62. The highest BCUT2D eigenvalue weighted by atomic mass is 19.1. The van der Waals surface area contributed by atoms with E-state index >= 15 is 0 Å². The van der Waals surface area contributed by atoms with Gasteiger partial charge < -0.3 is 19.7 Å². The Bertz CT molecular complexity index is 844. The minimum Gasteiger partial charge on any atom is -0.504 e. The second-order valence-electron chi connectivity index (χ2n) is 5.39. The van der Waals surface area contributed by atoms with Crippen molar-refractivity contribution in [2.45, 2.75) is 6.54 Å². The van der Waals surface area contributed by atoms with Gasteiger partial charge in [-0.05, 0) is 42.0 Å². The lowest BCUT2D eigenvalue weighted by Crippen LogP contribution is -2.05. The van der Waals surface area contributed by atoms with Crippen molar-refractivity contribution in [2.75, 3.05) is 12.4 Å². The number of halogens is 1. The molecule has 0 radical (unpaired) electrons. The van der Waals surface area contributed by atoms with Gasteiger partial charge in [0.2, 0.25) is 5.95 Å². The third-order valence-electron chi connectivity index (χ3n) is 3.82. The van der Waals surface area contributed by atoms with Crippen LogP contribution >= 0.6 is 0 Å². The molecule has 0 aliphatic rings. The van der Waals surface area contributed by atoms with Crippen LogP contribution in [0.3, 0.4) is 0 Å². The molecule has 0 aliphatic carbocycles. The molecule has 0 fully saturated rings. The van der Waals surface area contributed by atoms with Gasteiger partial charge in [-0.15, -0.1) is 0 Å². The third-order valence-corrected chi connectivity index (χ3v) is 3.82. The highest BCUT2D eigenvalue weighted by Crippen LogP contribution is 2.27. The monoisotopic (exact) mass is 327 g/mol. The lowest BCUT2D eigenvalue weighted by atomic mass is 10.2. The van der Waals surface area contributed by atoms with Crippen LogP contribution in [0.1, 0.15) is 5.56 Å². The van der Waals surface area contributed by atoms with Crippen LogP contribution in [0, 0.1) is 5.82 Å². The molecule has 0 aliphatic heterocycles. The number of aromatic nitrogens is 2. The number of phenols is 1. The Morgan fingerprint density at radius 1 is 1.21 bits per heavy atom. The molecular weight excluding hydrogens is 309 g/mol. The Labute approximate surface area is 139 Å². The maximum Gasteiger partial charge on any atom is 0.203 e. The van der Waals surface area contributed by atoms with E-state index in [4.69, 9.17) is 4.74 Å². The quantitative estimate of drug-likeness (QED) is 0.752. The fourth-order valence-electron chi connectivity index (χ4n) is 2.48. The molecule has 1 heterocycles. The number of hydrogen-bond acceptors (Lipinski definition) is 4. The van der Waals surface area contributed by atoms with Crippen LogP contribution in [0.4, 0.5) is 10.3 Å². The molecule has 5 nitrogen and oxygen atoms in total. The van der Waals surface area contributed by atoms with E-state index in [2.05, 4.69) is 10.3 Å². The van der Waals surface area contributed by atoms with Gasteiger partial charge in [0.05, 0.1) is 19.0 Å². The molecule has 0 unspecified atom stereocenters. The first-order valence-electron chi connectivity index (χ1n) is 7.46. The normalized spacial score (nSPS) is 10.6. The van der Waals surface area contributed by atoms with Crippen molar-refractivity contribution in [1.82, 2.24) is 9.55 Å². The summed E-state index contributed by atoms with van der Waals surface area (Å²) < 4.78 is 20.1. The number of nitrogens with one attached hydrogen (secondary N) is 1. The first-order valence-corrected chi connectivity index (χ1v) is 7.46. The largest absolute Gasteiger partial charge is 0.504 e. The van der Waals surface area contributed by atoms with E-state index in [9.17, 15) is 9.50 Å². The number of phenolic OH excluding ortho intramolecular Hbond substituents is 1. The first-order chi connectivity index (χ1) is 11.6. The predicted molar refractivity (Wildman–Crippen MR) is 90.6 cm³/mol. The Hall–Kier alpha value is -3.02. The van der Waals surface area contributed by atoms with Crippen molar-refractivity contribution >= 4 is 5.95 Å². The summed E-state index contributed by atoms with van der Waals surface area (Å²) in [5, 5.41) is 12.9. The molecule has 3 rings (SSSR count). The third kappa shape index (κ3) is 3.17. The Kier molecular flexibility index (Phi) is 4.37. The molecule has 2 aromatic carbocycles. The minimum atomic E-state index is -0.263. The van der Waals surface area contributed by atoms with Gasteiger partial charge in [0.25, 0.3) is 0 Å². The zero-order valence-corrected chi connectivity index (χ0v) is 13.5. The lowest BCUT2D eigenvalue weighted by Gasteiger charge is -2.10. The van der Waals surface area contributed by atoms with Crippen molar-refractivity contribution in [2.24, 2.45) is 7.05 Å². The van der Waals surface area contributed by atoms with Crippen LogP contribution in [0.5, 0.6) is 11.5 Å². The van der Waals surface area contributed by atoms with E-state index in [0.717, 1.165) is 16.8 Å². The van der Waals surface area contributed by atoms with Gasteiger partial charge in [0.15, 0.2) is 11.5 Å². The molecule has 0 saturated carbocycles. The van der Waals surface area contributed by atoms with Crippen molar-refractivity contribution in [3.63, 3.8) is 0 Å². The molecule has 3 aromatic rings. The summed E-state index contributed by atoms with van der Waals surface area (Å²) in [6.07, 6.45) is 1.74. The zero-order chi connectivity index (χ0) is 17.1. The van der Waals surface area contributed by atoms with Gasteiger partial charge in [0.1, 0.15) is 5.82 Å². The molecule has 124 valence electrons. The lowest BCUT2D eigenvalue weighted by molar-refractivity contribution is 0.373. The zero-order valence-electron chi connectivity index (χ0n) is 13.5. The van der Waals surface area contributed by atoms with E-state index in [1.807, 2.05) is 17.7 Å². The number of nitrogens with zero attached hydrogens (tertiary/aromatic N) is 2. The fraction of sp³-hybridized carbons (Fsp3) is 0.167. The summed E-state index contributed by atoms with van der Waals surface area (Å²) in [5.74, 6) is 0.972. The summed E-state index contributed by atoms with van der Waals surface area (Å²) in [6, 6.07) is 11.5. The maximum absolute atomic E-state index is 13.0. The molecule has 24 heavy (non-hydrogen) atoms. The Balaban J connectivity index is 1.76. The molecule has 0 atom stereocenters. The number of benzene rings is 2. The molecule has 0 spiro atoms. The van der Waals surface area contributed by atoms with E-state index in [-0.39, 0.29) is 11.6 Å². The van der Waals surface area contributed by atoms with Gasteiger partial charge in [-0.3, -0.25) is 0 Å². The number of anilines is 1. The van der Waals surface area contributed by atoms with Gasteiger partial charge in [-0.2, -0.15) is 0 Å². The van der Waals surface area contributed by atoms with Crippen LogP contribution in [-0.4, -0.2) is 21.8 Å². The summed E-state index contributed by atoms with van der Waals surface area (Å²) in [6.45, 7) is 0.532. The fourth-order valence-corrected chi connectivity index (χ4v) is 2.48. The van der Waals surface area contributed by atoms with Gasteiger partial charge in [-0.25, -0.2) is 9.37 Å². The van der Waals surface area contributed by atoms with Crippen LogP contribution in [0.25, 0.3) is 11.3 Å². The smallest absolute Gasteiger partial charge is 0.203 e. The average Bonchev–Trinajstić information content (AvgIpc) is 2.96. The van der Waals surface area contributed by atoms with Gasteiger partial charge >= 0.3 is 0 Å². The SMILES string of the molecule is COc1cc(CNc2ncc(-c3ccc(F)cc3)n2C)ccc1O. The first kappa shape index (κ1) is 15.9. The van der Waals surface area contributed by atoms with Crippen LogP contribution in [0.2, 0.25) is 0 Å². The number of methoxy groups -OCH3 is 1. The van der Waals surface area contributed by atoms with E-state index in [1.165, 1.54) is 19.2 Å². The van der Waals surface area contributed by atoms with E-state index in [1.54, 1.807) is 30.5 Å². The standard InChI is InChI=1S/C18H18FN3O2/c1-22-15(13-4-6-14(19)7-5-13)11-21-18(22)20-10-12-3-8-16(23)17(9-12)24-2/h3-9,11,23H,10H2,1-2H3,(H,20,21). The van der Waals surface area contributed by atoms with Crippen LogP contribution in [0.15, 0.2) is 48.7 Å². The summed E-state index contributed by atoms with van der Waals surface area (Å²) in [5.41, 5.74) is 2.74. The Morgan fingerprint density at radius 3 is 2.67 bits per heavy atom. The Morgan fingerprint density at radius 2 is 1.96 bits per heavy atom. The molecule has 0 saturated heterocycles. The van der Waals surface area contributed by atoms with Crippen molar-refractivity contribution < 1.29 is 14.2 Å². The molecule has 0 bridgehead atoms. The molecule has 1 aromatic heterocycles. The maximum atomic E-state index is 13.0. The van der Waals surface area contributed by atoms with Gasteiger partial charge in [-0.1, -0.05) is 6.07 Å². The molecule has 2 N–H and O–H groups in total. The van der Waals surface area contributed by atoms with Crippen molar-refractivity contribution in [3.05, 3.63) is 60.0 Å². The average molecular weight is 327 g/mol. The number of aromatic hydroxyl groups is 1. The number of ether oxygens (including phenoxy) is 1. The van der Waals surface area contributed by atoms with Crippen LogP contribution < -0.4 is 10.1 Å². The molecule has 6 heteroatoms. The van der Waals surface area contributed by atoms with Gasteiger partial charge in [0, 0.05) is 19.2 Å². The van der Waals surface area contributed by atoms with Crippen LogP contribution in [-0.2, 0) is 13.6 Å². The summed E-state index contributed by atoms with van der Waals surface area (Å²) in [7, 11) is 3.41. The highest BCUT2D eigenvalue weighted by molar-refractivity contribution is 5.61. The summed E-state index contributed by atoms with van der Waals surface area (Å²) >= 11 is 0. The molecular formula is C18H18FN3O2. The molecule has 0 amide bonds. The predicted octanol–water partition coefficient (Wildman–Crippen LogP) is 3.55. The van der Waals surface area contributed by atoms with E-state index < -0.39 is 0 Å². The number of rotatable bonds is 5. The van der Waals surface area contributed by atoms with E-state index in [0.29, 0.717) is 18.2 Å². The highest BCUT2D eigenvalue weighted by Gasteiger charge is 2.09. The van der Waals surface area contributed by atoms with Crippen molar-refractivity contribution in [1.29, 1.82) is 0 Å². The number of hydrogen-bond donors (Lipinski definition) is 2. The number of imidazole rings is 1. The second-order valence-corrected chi connectivity index (χ2v) is 5.39. The minimum absolute atomic E-state index is 0.108. The summed E-state index contributed by atoms with van der Waals surface area (Å²) in [4.78, 5) is 4.37. The topological polar surface area (TPSA) is 59.3 Å².